The summed E-state index contributed by atoms with van der Waals surface area (Å²) in [4.78, 5) is 16.8. The summed E-state index contributed by atoms with van der Waals surface area (Å²) >= 11 is 3.28. The van der Waals surface area contributed by atoms with Crippen molar-refractivity contribution < 1.29 is 9.53 Å². The normalized spacial score (nSPS) is 16.5. The summed E-state index contributed by atoms with van der Waals surface area (Å²) in [6, 6.07) is 12.8. The predicted octanol–water partition coefficient (Wildman–Crippen LogP) is 5.31. The molecule has 0 unspecified atom stereocenters. The fourth-order valence-corrected chi connectivity index (χ4v) is 5.86. The number of rotatable bonds is 11. The molecule has 3 aromatic rings. The highest BCUT2D eigenvalue weighted by Gasteiger charge is 2.36. The molecule has 1 atom stereocenters. The number of amides is 1. The quantitative estimate of drug-likeness (QED) is 0.347. The number of nitrogens with zero attached hydrogens (tertiary/aromatic N) is 4. The smallest absolute Gasteiger partial charge is 0.233 e. The van der Waals surface area contributed by atoms with Crippen molar-refractivity contribution in [3.05, 3.63) is 58.0 Å². The second-order valence-electron chi connectivity index (χ2n) is 9.01. The topological polar surface area (TPSA) is 60.2 Å². The molecule has 8 heteroatoms. The van der Waals surface area contributed by atoms with Crippen LogP contribution in [0, 0.1) is 0 Å². The van der Waals surface area contributed by atoms with Gasteiger partial charge in [-0.3, -0.25) is 4.79 Å². The molecule has 1 aromatic carbocycles. The average molecular weight is 483 g/mol. The molecule has 174 valence electrons. The monoisotopic (exact) mass is 482 g/mol. The van der Waals surface area contributed by atoms with E-state index in [4.69, 9.17) is 4.74 Å². The minimum Gasteiger partial charge on any atom is -0.497 e. The Bertz CT molecular complexity index is 1070. The zero-order valence-corrected chi connectivity index (χ0v) is 20.8. The van der Waals surface area contributed by atoms with Crippen LogP contribution in [0.15, 0.2) is 46.9 Å². The summed E-state index contributed by atoms with van der Waals surface area (Å²) in [5.74, 6) is 3.04. The number of thioether (sulfide) groups is 1. The standard InChI is InChI=1S/C25H30N4O2S2/c1-17(14-22-4-3-13-32-22)28(15-18-5-11-21(31-2)12-6-18)23(30)16-33-25-27-26-24(19-7-8-19)29(25)20-9-10-20/h3-6,11-13,17,19-20H,7-10,14-16H2,1-2H3/t17-/m0/s1. The maximum atomic E-state index is 13.5. The first-order valence-electron chi connectivity index (χ1n) is 11.6. The molecule has 6 nitrogen and oxygen atoms in total. The average Bonchev–Trinajstić information content (AvgIpc) is 3.76. The molecule has 0 saturated heterocycles. The van der Waals surface area contributed by atoms with E-state index in [2.05, 4.69) is 39.2 Å². The van der Waals surface area contributed by atoms with Crippen LogP contribution < -0.4 is 4.74 Å². The largest absolute Gasteiger partial charge is 0.497 e. The summed E-state index contributed by atoms with van der Waals surface area (Å²) in [5.41, 5.74) is 1.10. The molecule has 0 aliphatic heterocycles. The summed E-state index contributed by atoms with van der Waals surface area (Å²) in [7, 11) is 1.67. The van der Waals surface area contributed by atoms with Gasteiger partial charge >= 0.3 is 0 Å². The summed E-state index contributed by atoms with van der Waals surface area (Å²) in [5, 5.41) is 12.0. The van der Waals surface area contributed by atoms with Crippen molar-refractivity contribution in [2.45, 2.75) is 68.7 Å². The van der Waals surface area contributed by atoms with Crippen LogP contribution in [0.5, 0.6) is 5.75 Å². The number of ether oxygens (including phenoxy) is 1. The van der Waals surface area contributed by atoms with Crippen molar-refractivity contribution in [2.24, 2.45) is 0 Å². The molecule has 2 aliphatic rings. The van der Waals surface area contributed by atoms with E-state index in [1.54, 1.807) is 30.2 Å². The second-order valence-corrected chi connectivity index (χ2v) is 11.0. The molecule has 0 radical (unpaired) electrons. The van der Waals surface area contributed by atoms with Gasteiger partial charge in [-0.2, -0.15) is 0 Å². The van der Waals surface area contributed by atoms with Crippen LogP contribution in [0.25, 0.3) is 0 Å². The van der Waals surface area contributed by atoms with E-state index < -0.39 is 0 Å². The van der Waals surface area contributed by atoms with E-state index in [0.717, 1.165) is 28.7 Å². The highest BCUT2D eigenvalue weighted by molar-refractivity contribution is 7.99. The van der Waals surface area contributed by atoms with Crippen molar-refractivity contribution in [2.75, 3.05) is 12.9 Å². The summed E-state index contributed by atoms with van der Waals surface area (Å²) < 4.78 is 7.61. The molecule has 2 aromatic heterocycles. The van der Waals surface area contributed by atoms with E-state index in [1.807, 2.05) is 29.2 Å². The number of thiophene rings is 1. The van der Waals surface area contributed by atoms with E-state index >= 15 is 0 Å². The first-order valence-corrected chi connectivity index (χ1v) is 13.5. The maximum absolute atomic E-state index is 13.5. The van der Waals surface area contributed by atoms with Gasteiger partial charge in [0.15, 0.2) is 5.16 Å². The van der Waals surface area contributed by atoms with Crippen molar-refractivity contribution in [1.82, 2.24) is 19.7 Å². The molecule has 33 heavy (non-hydrogen) atoms. The number of methoxy groups -OCH3 is 1. The van der Waals surface area contributed by atoms with Gasteiger partial charge in [0.05, 0.1) is 12.9 Å². The minimum absolute atomic E-state index is 0.0992. The maximum Gasteiger partial charge on any atom is 0.233 e. The lowest BCUT2D eigenvalue weighted by molar-refractivity contribution is -0.131. The number of carbonyl (C=O) groups is 1. The van der Waals surface area contributed by atoms with Crippen LogP contribution in [0.2, 0.25) is 0 Å². The highest BCUT2D eigenvalue weighted by atomic mass is 32.2. The lowest BCUT2D eigenvalue weighted by Gasteiger charge is -2.29. The van der Waals surface area contributed by atoms with Crippen LogP contribution in [-0.4, -0.2) is 44.5 Å². The van der Waals surface area contributed by atoms with Gasteiger partial charge in [0.1, 0.15) is 11.6 Å². The lowest BCUT2D eigenvalue weighted by Crippen LogP contribution is -2.40. The molecule has 1 amide bonds. The Kier molecular flexibility index (Phi) is 6.74. The first-order chi connectivity index (χ1) is 16.1. The number of hydrogen-bond donors (Lipinski definition) is 0. The Morgan fingerprint density at radius 1 is 1.21 bits per heavy atom. The zero-order valence-electron chi connectivity index (χ0n) is 19.1. The fourth-order valence-electron chi connectivity index (χ4n) is 4.14. The Morgan fingerprint density at radius 2 is 2.00 bits per heavy atom. The van der Waals surface area contributed by atoms with E-state index in [-0.39, 0.29) is 11.9 Å². The van der Waals surface area contributed by atoms with Gasteiger partial charge in [0.2, 0.25) is 5.91 Å². The Morgan fingerprint density at radius 3 is 2.64 bits per heavy atom. The molecule has 2 fully saturated rings. The summed E-state index contributed by atoms with van der Waals surface area (Å²) in [6.45, 7) is 2.72. The molecular formula is C25H30N4O2S2. The lowest BCUT2D eigenvalue weighted by atomic mass is 10.1. The predicted molar refractivity (Wildman–Crippen MR) is 132 cm³/mol. The Labute approximate surface area is 203 Å². The van der Waals surface area contributed by atoms with E-state index in [0.29, 0.717) is 24.3 Å². The zero-order chi connectivity index (χ0) is 22.8. The van der Waals surface area contributed by atoms with Crippen LogP contribution in [0.4, 0.5) is 0 Å². The number of benzene rings is 1. The van der Waals surface area contributed by atoms with Crippen LogP contribution in [-0.2, 0) is 17.8 Å². The third kappa shape index (κ3) is 5.44. The molecule has 5 rings (SSSR count). The van der Waals surface area contributed by atoms with Crippen LogP contribution in [0.3, 0.4) is 0 Å². The third-order valence-electron chi connectivity index (χ3n) is 6.31. The fraction of sp³-hybridized carbons (Fsp3) is 0.480. The number of aromatic nitrogens is 3. The SMILES string of the molecule is COc1ccc(CN(C(=O)CSc2nnc(C3CC3)n2C2CC2)[C@@H](C)Cc2cccs2)cc1. The van der Waals surface area contributed by atoms with Gasteiger partial charge in [-0.05, 0) is 61.7 Å². The number of carbonyl (C=O) groups excluding carboxylic acids is 1. The molecular weight excluding hydrogens is 452 g/mol. The number of hydrogen-bond acceptors (Lipinski definition) is 6. The van der Waals surface area contributed by atoms with Gasteiger partial charge in [0.25, 0.3) is 0 Å². The van der Waals surface area contributed by atoms with Gasteiger partial charge < -0.3 is 14.2 Å². The Hall–Kier alpha value is -2.32. The second kappa shape index (κ2) is 9.89. The van der Waals surface area contributed by atoms with Crippen molar-refractivity contribution in [3.8, 4) is 5.75 Å². The molecule has 0 spiro atoms. The van der Waals surface area contributed by atoms with Gasteiger partial charge in [0, 0.05) is 35.8 Å². The Balaban J connectivity index is 1.30. The van der Waals surface area contributed by atoms with Crippen LogP contribution >= 0.6 is 23.1 Å². The third-order valence-corrected chi connectivity index (χ3v) is 8.14. The van der Waals surface area contributed by atoms with Gasteiger partial charge in [-0.1, -0.05) is 30.0 Å². The van der Waals surface area contributed by atoms with E-state index in [1.165, 1.54) is 30.6 Å². The molecule has 2 heterocycles. The molecule has 0 bridgehead atoms. The first kappa shape index (κ1) is 22.5. The molecule has 2 saturated carbocycles. The highest BCUT2D eigenvalue weighted by Crippen LogP contribution is 2.46. The minimum atomic E-state index is 0.0992. The molecule has 2 aliphatic carbocycles. The van der Waals surface area contributed by atoms with E-state index in [9.17, 15) is 4.79 Å². The van der Waals surface area contributed by atoms with Crippen LogP contribution in [0.1, 0.15) is 60.8 Å². The van der Waals surface area contributed by atoms with Crippen molar-refractivity contribution in [1.29, 1.82) is 0 Å². The molecule has 0 N–H and O–H groups in total. The summed E-state index contributed by atoms with van der Waals surface area (Å²) in [6.07, 6.45) is 5.67. The van der Waals surface area contributed by atoms with Gasteiger partial charge in [-0.25, -0.2) is 0 Å². The van der Waals surface area contributed by atoms with Gasteiger partial charge in [-0.15, -0.1) is 21.5 Å². The van der Waals surface area contributed by atoms with Crippen molar-refractivity contribution in [3.63, 3.8) is 0 Å². The van der Waals surface area contributed by atoms with Crippen molar-refractivity contribution >= 4 is 29.0 Å².